The molecule has 0 aliphatic heterocycles. The maximum absolute atomic E-state index is 12.1. The zero-order valence-corrected chi connectivity index (χ0v) is 11.2. The predicted octanol–water partition coefficient (Wildman–Crippen LogP) is 2.81. The number of nitrogen functional groups attached to an aromatic ring is 1. The number of hydrogen-bond donors (Lipinski definition) is 2. The SMILES string of the molecule is C[C@H](NC(=O)c1ncccc1N)c1ccccc1Cl. The van der Waals surface area contributed by atoms with E-state index in [4.69, 9.17) is 17.3 Å². The Hall–Kier alpha value is -2.07. The van der Waals surface area contributed by atoms with E-state index in [9.17, 15) is 4.79 Å². The molecule has 0 spiro atoms. The van der Waals surface area contributed by atoms with Crippen LogP contribution in [-0.2, 0) is 0 Å². The van der Waals surface area contributed by atoms with Gasteiger partial charge in [-0.15, -0.1) is 0 Å². The summed E-state index contributed by atoms with van der Waals surface area (Å²) in [6, 6.07) is 10.5. The van der Waals surface area contributed by atoms with Gasteiger partial charge in [-0.2, -0.15) is 0 Å². The fraction of sp³-hybridized carbons (Fsp3) is 0.143. The molecule has 2 rings (SSSR count). The Morgan fingerprint density at radius 2 is 2.05 bits per heavy atom. The molecule has 1 atom stereocenters. The second kappa shape index (κ2) is 5.71. The highest BCUT2D eigenvalue weighted by molar-refractivity contribution is 6.31. The van der Waals surface area contributed by atoms with Crippen molar-refractivity contribution in [2.24, 2.45) is 0 Å². The van der Waals surface area contributed by atoms with E-state index in [1.54, 1.807) is 18.2 Å². The molecule has 3 N–H and O–H groups in total. The van der Waals surface area contributed by atoms with Gasteiger partial charge in [-0.1, -0.05) is 29.8 Å². The summed E-state index contributed by atoms with van der Waals surface area (Å²) in [5.74, 6) is -0.314. The van der Waals surface area contributed by atoms with Gasteiger partial charge < -0.3 is 11.1 Å². The van der Waals surface area contributed by atoms with Crippen LogP contribution in [-0.4, -0.2) is 10.9 Å². The molecule has 0 saturated carbocycles. The topological polar surface area (TPSA) is 68.0 Å². The minimum absolute atomic E-state index is 0.220. The Morgan fingerprint density at radius 1 is 1.32 bits per heavy atom. The zero-order valence-electron chi connectivity index (χ0n) is 10.4. The molecule has 0 bridgehead atoms. The highest BCUT2D eigenvalue weighted by atomic mass is 35.5. The summed E-state index contributed by atoms with van der Waals surface area (Å²) >= 11 is 6.09. The van der Waals surface area contributed by atoms with E-state index in [0.29, 0.717) is 10.7 Å². The summed E-state index contributed by atoms with van der Waals surface area (Å²) < 4.78 is 0. The van der Waals surface area contributed by atoms with Crippen LogP contribution in [0.25, 0.3) is 0 Å². The molecule has 0 saturated heterocycles. The van der Waals surface area contributed by atoms with Crippen molar-refractivity contribution in [1.29, 1.82) is 0 Å². The molecule has 2 aromatic rings. The van der Waals surface area contributed by atoms with Crippen molar-refractivity contribution in [2.75, 3.05) is 5.73 Å². The molecule has 0 aliphatic carbocycles. The first-order chi connectivity index (χ1) is 9.09. The molecule has 19 heavy (non-hydrogen) atoms. The van der Waals surface area contributed by atoms with Crippen LogP contribution in [0.15, 0.2) is 42.6 Å². The molecule has 1 aromatic carbocycles. The second-order valence-electron chi connectivity index (χ2n) is 4.16. The van der Waals surface area contributed by atoms with Crippen LogP contribution in [0.5, 0.6) is 0 Å². The standard InChI is InChI=1S/C14H14ClN3O/c1-9(10-5-2-3-6-11(10)15)18-14(19)13-12(16)7-4-8-17-13/h2-9H,16H2,1H3,(H,18,19)/t9-/m0/s1. The fourth-order valence-corrected chi connectivity index (χ4v) is 2.08. The van der Waals surface area contributed by atoms with Crippen molar-refractivity contribution in [1.82, 2.24) is 10.3 Å². The van der Waals surface area contributed by atoms with E-state index in [1.165, 1.54) is 6.20 Å². The third-order valence-corrected chi connectivity index (χ3v) is 3.12. The van der Waals surface area contributed by atoms with Gasteiger partial charge in [-0.25, -0.2) is 4.98 Å². The zero-order chi connectivity index (χ0) is 13.8. The normalized spacial score (nSPS) is 11.9. The van der Waals surface area contributed by atoms with Crippen molar-refractivity contribution in [2.45, 2.75) is 13.0 Å². The van der Waals surface area contributed by atoms with Crippen molar-refractivity contribution in [3.63, 3.8) is 0 Å². The number of rotatable bonds is 3. The largest absolute Gasteiger partial charge is 0.397 e. The summed E-state index contributed by atoms with van der Waals surface area (Å²) in [6.45, 7) is 1.86. The quantitative estimate of drug-likeness (QED) is 0.905. The summed E-state index contributed by atoms with van der Waals surface area (Å²) in [6.07, 6.45) is 1.53. The minimum atomic E-state index is -0.314. The second-order valence-corrected chi connectivity index (χ2v) is 4.57. The molecule has 1 aromatic heterocycles. The molecule has 98 valence electrons. The lowest BCUT2D eigenvalue weighted by atomic mass is 10.1. The van der Waals surface area contributed by atoms with Crippen LogP contribution in [0.1, 0.15) is 29.0 Å². The monoisotopic (exact) mass is 275 g/mol. The number of nitrogens with zero attached hydrogens (tertiary/aromatic N) is 1. The molecule has 0 radical (unpaired) electrons. The lowest BCUT2D eigenvalue weighted by molar-refractivity contribution is 0.0936. The van der Waals surface area contributed by atoms with Crippen molar-refractivity contribution in [3.05, 3.63) is 58.9 Å². The summed E-state index contributed by atoms with van der Waals surface area (Å²) in [5.41, 5.74) is 7.15. The molecule has 0 aliphatic rings. The van der Waals surface area contributed by atoms with E-state index in [2.05, 4.69) is 10.3 Å². The number of halogens is 1. The van der Waals surface area contributed by atoms with E-state index < -0.39 is 0 Å². The number of benzene rings is 1. The molecule has 0 fully saturated rings. The van der Waals surface area contributed by atoms with Crippen LogP contribution in [0.3, 0.4) is 0 Å². The molecule has 1 heterocycles. The van der Waals surface area contributed by atoms with E-state index in [0.717, 1.165) is 5.56 Å². The van der Waals surface area contributed by atoms with Crippen LogP contribution in [0.4, 0.5) is 5.69 Å². The van der Waals surface area contributed by atoms with Gasteiger partial charge >= 0.3 is 0 Å². The van der Waals surface area contributed by atoms with Crippen molar-refractivity contribution >= 4 is 23.2 Å². The number of amides is 1. The van der Waals surface area contributed by atoms with Gasteiger partial charge in [0.1, 0.15) is 0 Å². The summed E-state index contributed by atoms with van der Waals surface area (Å²) in [4.78, 5) is 16.0. The van der Waals surface area contributed by atoms with Gasteiger partial charge in [0.2, 0.25) is 0 Å². The van der Waals surface area contributed by atoms with Crippen molar-refractivity contribution in [3.8, 4) is 0 Å². The fourth-order valence-electron chi connectivity index (χ4n) is 1.78. The minimum Gasteiger partial charge on any atom is -0.397 e. The highest BCUT2D eigenvalue weighted by Gasteiger charge is 2.16. The van der Waals surface area contributed by atoms with Crippen LogP contribution in [0.2, 0.25) is 5.02 Å². The first-order valence-electron chi connectivity index (χ1n) is 5.85. The first kappa shape index (κ1) is 13.4. The van der Waals surface area contributed by atoms with Crippen LogP contribution < -0.4 is 11.1 Å². The Bertz CT molecular complexity index is 601. The maximum Gasteiger partial charge on any atom is 0.272 e. The summed E-state index contributed by atoms with van der Waals surface area (Å²) in [7, 11) is 0. The average Bonchev–Trinajstić information content (AvgIpc) is 2.39. The van der Waals surface area contributed by atoms with Gasteiger partial charge in [0.05, 0.1) is 11.7 Å². The Balaban J connectivity index is 2.16. The molecule has 0 unspecified atom stereocenters. The number of nitrogens with one attached hydrogen (secondary N) is 1. The molecule has 4 nitrogen and oxygen atoms in total. The number of aromatic nitrogens is 1. The predicted molar refractivity (Wildman–Crippen MR) is 76.0 cm³/mol. The van der Waals surface area contributed by atoms with E-state index >= 15 is 0 Å². The third-order valence-electron chi connectivity index (χ3n) is 2.77. The third kappa shape index (κ3) is 3.03. The number of carbonyl (C=O) groups excluding carboxylic acids is 1. The number of nitrogens with two attached hydrogens (primary N) is 1. The number of hydrogen-bond acceptors (Lipinski definition) is 3. The Morgan fingerprint density at radius 3 is 2.74 bits per heavy atom. The number of pyridine rings is 1. The first-order valence-corrected chi connectivity index (χ1v) is 6.23. The van der Waals surface area contributed by atoms with E-state index in [-0.39, 0.29) is 17.6 Å². The molecular weight excluding hydrogens is 262 g/mol. The van der Waals surface area contributed by atoms with Crippen LogP contribution >= 0.6 is 11.6 Å². The Kier molecular flexibility index (Phi) is 4.02. The van der Waals surface area contributed by atoms with Crippen molar-refractivity contribution < 1.29 is 4.79 Å². The smallest absolute Gasteiger partial charge is 0.272 e. The molecule has 5 heteroatoms. The summed E-state index contributed by atoms with van der Waals surface area (Å²) in [5, 5.41) is 3.44. The lowest BCUT2D eigenvalue weighted by Gasteiger charge is -2.15. The van der Waals surface area contributed by atoms with E-state index in [1.807, 2.05) is 25.1 Å². The van der Waals surface area contributed by atoms with Gasteiger partial charge in [-0.3, -0.25) is 4.79 Å². The average molecular weight is 276 g/mol. The lowest BCUT2D eigenvalue weighted by Crippen LogP contribution is -2.28. The molecule has 1 amide bonds. The van der Waals surface area contributed by atoms with Crippen LogP contribution in [0, 0.1) is 0 Å². The van der Waals surface area contributed by atoms with Gasteiger partial charge in [0.15, 0.2) is 5.69 Å². The maximum atomic E-state index is 12.1. The number of carbonyl (C=O) groups is 1. The van der Waals surface area contributed by atoms with Gasteiger partial charge in [-0.05, 0) is 30.7 Å². The Labute approximate surface area is 116 Å². The highest BCUT2D eigenvalue weighted by Crippen LogP contribution is 2.22. The van der Waals surface area contributed by atoms with Gasteiger partial charge in [0, 0.05) is 11.2 Å². The number of anilines is 1. The van der Waals surface area contributed by atoms with Gasteiger partial charge in [0.25, 0.3) is 5.91 Å². The molecular formula is C14H14ClN3O.